The van der Waals surface area contributed by atoms with Crippen molar-refractivity contribution in [1.29, 1.82) is 0 Å². The standard InChI is InChI=1S/C14H28N4/c1-4-11-6-8-17-10(3)18-9-7-12(5-2)16-14(18)13(17)15-11/h10-16H,4-9H2,1-3H3/t10?,11-,12+,13-,14+. The van der Waals surface area contributed by atoms with Gasteiger partial charge >= 0.3 is 0 Å². The van der Waals surface area contributed by atoms with Crippen LogP contribution >= 0.6 is 0 Å². The SMILES string of the molecule is CC[C@H]1CCN2C(C)N3CC[C@@H](CC)N[C@H]3[C@H]2N1. The maximum absolute atomic E-state index is 3.86. The number of hydrogen-bond acceptors (Lipinski definition) is 4. The van der Waals surface area contributed by atoms with Crippen LogP contribution in [0.3, 0.4) is 0 Å². The van der Waals surface area contributed by atoms with E-state index in [1.54, 1.807) is 0 Å². The normalized spacial score (nSPS) is 45.8. The Hall–Kier alpha value is -0.160. The number of fused-ring (bicyclic) bond motifs is 3. The highest BCUT2D eigenvalue weighted by molar-refractivity contribution is 5.01. The second-order valence-electron chi connectivity index (χ2n) is 6.12. The Morgan fingerprint density at radius 3 is 1.72 bits per heavy atom. The fraction of sp³-hybridized carbons (Fsp3) is 1.00. The molecule has 0 aromatic carbocycles. The topological polar surface area (TPSA) is 30.5 Å². The third-order valence-corrected chi connectivity index (χ3v) is 5.24. The maximum atomic E-state index is 3.86. The molecular formula is C14H28N4. The van der Waals surface area contributed by atoms with Crippen LogP contribution in [-0.2, 0) is 0 Å². The molecule has 1 unspecified atom stereocenters. The first-order chi connectivity index (χ1) is 8.74. The average Bonchev–Trinajstić information content (AvgIpc) is 2.71. The molecule has 5 atom stereocenters. The summed E-state index contributed by atoms with van der Waals surface area (Å²) in [6.45, 7) is 9.47. The van der Waals surface area contributed by atoms with E-state index in [1.165, 1.54) is 38.8 Å². The molecule has 0 radical (unpaired) electrons. The lowest BCUT2D eigenvalue weighted by molar-refractivity contribution is 0.0852. The highest BCUT2D eigenvalue weighted by Gasteiger charge is 2.48. The third kappa shape index (κ3) is 1.99. The van der Waals surface area contributed by atoms with Crippen molar-refractivity contribution in [2.45, 2.75) is 77.0 Å². The molecule has 3 aliphatic rings. The van der Waals surface area contributed by atoms with Gasteiger partial charge in [0, 0.05) is 25.2 Å². The Balaban J connectivity index is 1.75. The summed E-state index contributed by atoms with van der Waals surface area (Å²) in [6.07, 6.45) is 6.74. The smallest absolute Gasteiger partial charge is 0.0909 e. The number of rotatable bonds is 2. The monoisotopic (exact) mass is 252 g/mol. The fourth-order valence-electron chi connectivity index (χ4n) is 3.95. The molecule has 3 rings (SSSR count). The van der Waals surface area contributed by atoms with E-state index < -0.39 is 0 Å². The van der Waals surface area contributed by atoms with E-state index in [0.717, 1.165) is 0 Å². The van der Waals surface area contributed by atoms with Gasteiger partial charge in [0.2, 0.25) is 0 Å². The summed E-state index contributed by atoms with van der Waals surface area (Å²) in [4.78, 5) is 5.31. The predicted octanol–water partition coefficient (Wildman–Crippen LogP) is 1.15. The van der Waals surface area contributed by atoms with Gasteiger partial charge in [-0.05, 0) is 32.6 Å². The molecule has 4 nitrogen and oxygen atoms in total. The van der Waals surface area contributed by atoms with Crippen molar-refractivity contribution in [3.8, 4) is 0 Å². The van der Waals surface area contributed by atoms with Crippen molar-refractivity contribution < 1.29 is 0 Å². The second-order valence-corrected chi connectivity index (χ2v) is 6.12. The lowest BCUT2D eigenvalue weighted by Gasteiger charge is -2.40. The molecule has 3 fully saturated rings. The van der Waals surface area contributed by atoms with Gasteiger partial charge < -0.3 is 0 Å². The van der Waals surface area contributed by atoms with E-state index >= 15 is 0 Å². The minimum Gasteiger partial charge on any atom is -0.296 e. The van der Waals surface area contributed by atoms with E-state index in [-0.39, 0.29) is 0 Å². The summed E-state index contributed by atoms with van der Waals surface area (Å²) in [5.41, 5.74) is 0. The fourth-order valence-corrected chi connectivity index (χ4v) is 3.95. The molecule has 3 heterocycles. The van der Waals surface area contributed by atoms with Crippen LogP contribution in [0.4, 0.5) is 0 Å². The third-order valence-electron chi connectivity index (χ3n) is 5.24. The van der Waals surface area contributed by atoms with Crippen molar-refractivity contribution in [1.82, 2.24) is 20.4 Å². The predicted molar refractivity (Wildman–Crippen MR) is 74.1 cm³/mol. The Kier molecular flexibility index (Phi) is 3.63. The van der Waals surface area contributed by atoms with E-state index in [4.69, 9.17) is 0 Å². The van der Waals surface area contributed by atoms with Crippen molar-refractivity contribution in [2.75, 3.05) is 13.1 Å². The summed E-state index contributed by atoms with van der Waals surface area (Å²) in [5, 5.41) is 7.72. The number of nitrogens with zero attached hydrogens (tertiary/aromatic N) is 2. The first-order valence-electron chi connectivity index (χ1n) is 7.78. The molecule has 0 saturated carbocycles. The van der Waals surface area contributed by atoms with Gasteiger partial charge in [-0.1, -0.05) is 13.8 Å². The van der Waals surface area contributed by atoms with E-state index in [1.807, 2.05) is 0 Å². The van der Waals surface area contributed by atoms with Gasteiger partial charge in [-0.2, -0.15) is 0 Å². The molecule has 2 N–H and O–H groups in total. The minimum absolute atomic E-state index is 0.521. The van der Waals surface area contributed by atoms with Gasteiger partial charge in [-0.25, -0.2) is 0 Å². The molecule has 0 spiro atoms. The zero-order chi connectivity index (χ0) is 12.7. The summed E-state index contributed by atoms with van der Waals surface area (Å²) in [7, 11) is 0. The maximum Gasteiger partial charge on any atom is 0.0909 e. The molecule has 3 aliphatic heterocycles. The zero-order valence-corrected chi connectivity index (χ0v) is 12.0. The van der Waals surface area contributed by atoms with Crippen molar-refractivity contribution in [2.24, 2.45) is 0 Å². The number of hydrogen-bond donors (Lipinski definition) is 2. The Morgan fingerprint density at radius 2 is 1.33 bits per heavy atom. The Morgan fingerprint density at radius 1 is 0.889 bits per heavy atom. The van der Waals surface area contributed by atoms with Gasteiger partial charge in [-0.3, -0.25) is 20.4 Å². The summed E-state index contributed by atoms with van der Waals surface area (Å²) >= 11 is 0. The summed E-state index contributed by atoms with van der Waals surface area (Å²) < 4.78 is 0. The van der Waals surface area contributed by atoms with Gasteiger partial charge in [0.25, 0.3) is 0 Å². The number of nitrogens with one attached hydrogen (secondary N) is 2. The molecule has 0 aromatic rings. The van der Waals surface area contributed by atoms with Crippen molar-refractivity contribution in [3.05, 3.63) is 0 Å². The molecule has 4 heteroatoms. The summed E-state index contributed by atoms with van der Waals surface area (Å²) in [5.74, 6) is 0. The molecule has 104 valence electrons. The van der Waals surface area contributed by atoms with Gasteiger partial charge in [0.05, 0.1) is 18.5 Å². The first-order valence-corrected chi connectivity index (χ1v) is 7.78. The van der Waals surface area contributed by atoms with Crippen LogP contribution < -0.4 is 10.6 Å². The molecule has 18 heavy (non-hydrogen) atoms. The quantitative estimate of drug-likeness (QED) is 0.772. The molecule has 0 bridgehead atoms. The van der Waals surface area contributed by atoms with Gasteiger partial charge in [0.15, 0.2) is 0 Å². The second kappa shape index (κ2) is 5.08. The van der Waals surface area contributed by atoms with Crippen LogP contribution in [0.15, 0.2) is 0 Å². The van der Waals surface area contributed by atoms with Crippen molar-refractivity contribution >= 4 is 0 Å². The minimum atomic E-state index is 0.521. The van der Waals surface area contributed by atoms with Crippen molar-refractivity contribution in [3.63, 3.8) is 0 Å². The van der Waals surface area contributed by atoms with Crippen LogP contribution in [0.2, 0.25) is 0 Å². The van der Waals surface area contributed by atoms with Crippen LogP contribution in [0.5, 0.6) is 0 Å². The molecule has 3 saturated heterocycles. The van der Waals surface area contributed by atoms with E-state index in [9.17, 15) is 0 Å². The lowest BCUT2D eigenvalue weighted by Crippen LogP contribution is -2.63. The van der Waals surface area contributed by atoms with Crippen LogP contribution in [-0.4, -0.2) is 53.5 Å². The lowest BCUT2D eigenvalue weighted by atomic mass is 10.0. The Bertz CT molecular complexity index is 268. The zero-order valence-electron chi connectivity index (χ0n) is 12.0. The van der Waals surface area contributed by atoms with Gasteiger partial charge in [0.1, 0.15) is 0 Å². The first kappa shape index (κ1) is 12.9. The Labute approximate surface area is 111 Å². The average molecular weight is 252 g/mol. The highest BCUT2D eigenvalue weighted by atomic mass is 15.6. The molecule has 0 aliphatic carbocycles. The van der Waals surface area contributed by atoms with Crippen LogP contribution in [0.25, 0.3) is 0 Å². The van der Waals surface area contributed by atoms with Crippen LogP contribution in [0, 0.1) is 0 Å². The highest BCUT2D eigenvalue weighted by Crippen LogP contribution is 2.31. The summed E-state index contributed by atoms with van der Waals surface area (Å²) in [6, 6.07) is 1.42. The molecule has 0 amide bonds. The largest absolute Gasteiger partial charge is 0.296 e. The van der Waals surface area contributed by atoms with Gasteiger partial charge in [-0.15, -0.1) is 0 Å². The van der Waals surface area contributed by atoms with E-state index in [2.05, 4.69) is 41.2 Å². The molecule has 0 aromatic heterocycles. The van der Waals surface area contributed by atoms with Crippen LogP contribution in [0.1, 0.15) is 46.5 Å². The van der Waals surface area contributed by atoms with E-state index in [0.29, 0.717) is 30.6 Å². The molecular weight excluding hydrogens is 224 g/mol.